The molecule has 1 aromatic carbocycles. The number of nitrogens with zero attached hydrogens (tertiary/aromatic N) is 1. The number of phenolic OH excluding ortho intramolecular Hbond substituents is 1. The quantitative estimate of drug-likeness (QED) is 0.645. The van der Waals surface area contributed by atoms with E-state index in [4.69, 9.17) is 4.74 Å². The minimum atomic E-state index is -3.10. The normalized spacial score (nSPS) is 18.4. The van der Waals surface area contributed by atoms with E-state index in [1.54, 1.807) is 7.05 Å². The first-order valence-corrected chi connectivity index (χ1v) is 12.8. The van der Waals surface area contributed by atoms with Gasteiger partial charge >= 0.3 is 5.97 Å². The first kappa shape index (κ1) is 26.2. The molecule has 1 N–H and O–H groups in total. The van der Waals surface area contributed by atoms with E-state index in [0.717, 1.165) is 16.7 Å². The first-order valence-electron chi connectivity index (χ1n) is 11.0. The summed E-state index contributed by atoms with van der Waals surface area (Å²) < 4.78 is 28.4. The van der Waals surface area contributed by atoms with Crippen molar-refractivity contribution < 1.29 is 27.9 Å². The molecule has 1 aliphatic heterocycles. The van der Waals surface area contributed by atoms with Crippen LogP contribution < -0.4 is 0 Å². The Balaban J connectivity index is 2.00. The molecular formula is C24H37NO6S. The number of carbonyl (C=O) groups is 2. The van der Waals surface area contributed by atoms with Crippen LogP contribution in [-0.4, -0.2) is 61.5 Å². The SMILES string of the molecule is CN(C(=O)COC(=O)CCc1cc(C(C)(C)C)c(O)c(C(C)(C)C)c1)C1CCS(=O)(=O)C1. The fourth-order valence-electron chi connectivity index (χ4n) is 3.83. The van der Waals surface area contributed by atoms with Crippen LogP contribution in [-0.2, 0) is 41.4 Å². The minimum Gasteiger partial charge on any atom is -0.507 e. The Bertz CT molecular complexity index is 934. The lowest BCUT2D eigenvalue weighted by Crippen LogP contribution is -2.40. The van der Waals surface area contributed by atoms with Gasteiger partial charge in [0.15, 0.2) is 16.4 Å². The van der Waals surface area contributed by atoms with Gasteiger partial charge in [-0.15, -0.1) is 0 Å². The van der Waals surface area contributed by atoms with E-state index in [0.29, 0.717) is 18.6 Å². The van der Waals surface area contributed by atoms with Crippen LogP contribution in [0.3, 0.4) is 0 Å². The molecule has 1 fully saturated rings. The molecule has 7 nitrogen and oxygen atoms in total. The van der Waals surface area contributed by atoms with Gasteiger partial charge in [0.2, 0.25) is 0 Å². The van der Waals surface area contributed by atoms with E-state index in [1.807, 2.05) is 53.7 Å². The third-order valence-electron chi connectivity index (χ3n) is 5.91. The second-order valence-corrected chi connectivity index (χ2v) is 13.0. The second kappa shape index (κ2) is 9.41. The molecule has 1 unspecified atom stereocenters. The standard InChI is InChI=1S/C24H37NO6S/c1-23(2,3)18-12-16(13-19(22(18)28)24(4,5)6)8-9-21(27)31-14-20(26)25(7)17-10-11-32(29,30)15-17/h12-13,17,28H,8-11,14-15H2,1-7H3. The van der Waals surface area contributed by atoms with Gasteiger partial charge in [0, 0.05) is 19.5 Å². The molecule has 1 saturated heterocycles. The third kappa shape index (κ3) is 6.70. The van der Waals surface area contributed by atoms with Gasteiger partial charge in [0.1, 0.15) is 5.75 Å². The summed E-state index contributed by atoms with van der Waals surface area (Å²) in [5.41, 5.74) is 2.07. The molecule has 1 atom stereocenters. The van der Waals surface area contributed by atoms with Gasteiger partial charge < -0.3 is 14.7 Å². The number of hydrogen-bond donors (Lipinski definition) is 1. The number of aryl methyl sites for hydroxylation is 1. The fourth-order valence-corrected chi connectivity index (χ4v) is 5.60. The van der Waals surface area contributed by atoms with Crippen molar-refractivity contribution in [1.29, 1.82) is 0 Å². The average molecular weight is 468 g/mol. The van der Waals surface area contributed by atoms with Crippen LogP contribution in [0.5, 0.6) is 5.75 Å². The molecule has 0 radical (unpaired) electrons. The van der Waals surface area contributed by atoms with E-state index in [2.05, 4.69) is 0 Å². The van der Waals surface area contributed by atoms with Gasteiger partial charge in [-0.05, 0) is 40.4 Å². The fraction of sp³-hybridized carbons (Fsp3) is 0.667. The summed E-state index contributed by atoms with van der Waals surface area (Å²) in [6, 6.07) is 3.49. The third-order valence-corrected chi connectivity index (χ3v) is 7.66. The predicted molar refractivity (Wildman–Crippen MR) is 125 cm³/mol. The Morgan fingerprint density at radius 3 is 2.06 bits per heavy atom. The van der Waals surface area contributed by atoms with E-state index in [-0.39, 0.29) is 34.8 Å². The van der Waals surface area contributed by atoms with Gasteiger partial charge in [-0.1, -0.05) is 53.7 Å². The average Bonchev–Trinajstić information content (AvgIpc) is 3.02. The zero-order valence-corrected chi connectivity index (χ0v) is 21.1. The number of esters is 1. The Morgan fingerprint density at radius 2 is 1.62 bits per heavy atom. The topological polar surface area (TPSA) is 101 Å². The molecule has 0 bridgehead atoms. The number of ether oxygens (including phenoxy) is 1. The Labute approximate surface area is 192 Å². The minimum absolute atomic E-state index is 0.0454. The number of hydrogen-bond acceptors (Lipinski definition) is 6. The molecule has 1 aliphatic rings. The number of amides is 1. The van der Waals surface area contributed by atoms with Crippen LogP contribution in [0.25, 0.3) is 0 Å². The second-order valence-electron chi connectivity index (χ2n) is 10.8. The van der Waals surface area contributed by atoms with Crippen molar-refractivity contribution in [2.75, 3.05) is 25.2 Å². The number of likely N-dealkylation sites (N-methyl/N-ethyl adjacent to an activating group) is 1. The van der Waals surface area contributed by atoms with Crippen LogP contribution >= 0.6 is 0 Å². The number of phenols is 1. The van der Waals surface area contributed by atoms with Crippen molar-refractivity contribution in [2.24, 2.45) is 0 Å². The zero-order valence-electron chi connectivity index (χ0n) is 20.3. The molecule has 8 heteroatoms. The molecule has 0 spiro atoms. The summed E-state index contributed by atoms with van der Waals surface area (Å²) in [6.07, 6.45) is 0.939. The van der Waals surface area contributed by atoms with Crippen LogP contribution in [0.1, 0.15) is 71.1 Å². The van der Waals surface area contributed by atoms with Crippen molar-refractivity contribution in [2.45, 2.75) is 77.7 Å². The van der Waals surface area contributed by atoms with Crippen molar-refractivity contribution in [1.82, 2.24) is 4.90 Å². The van der Waals surface area contributed by atoms with E-state index < -0.39 is 28.3 Å². The molecule has 1 aromatic rings. The highest BCUT2D eigenvalue weighted by Crippen LogP contribution is 2.40. The van der Waals surface area contributed by atoms with E-state index in [1.165, 1.54) is 4.90 Å². The Hall–Kier alpha value is -2.09. The Morgan fingerprint density at radius 1 is 1.09 bits per heavy atom. The highest BCUT2D eigenvalue weighted by atomic mass is 32.2. The number of rotatable bonds is 6. The number of sulfone groups is 1. The van der Waals surface area contributed by atoms with E-state index in [9.17, 15) is 23.1 Å². The van der Waals surface area contributed by atoms with Crippen LogP contribution in [0, 0.1) is 0 Å². The van der Waals surface area contributed by atoms with E-state index >= 15 is 0 Å². The molecule has 1 amide bonds. The highest BCUT2D eigenvalue weighted by molar-refractivity contribution is 7.91. The summed E-state index contributed by atoms with van der Waals surface area (Å²) in [4.78, 5) is 25.9. The predicted octanol–water partition coefficient (Wildman–Crippen LogP) is 3.11. The summed E-state index contributed by atoms with van der Waals surface area (Å²) in [5, 5.41) is 10.8. The maximum Gasteiger partial charge on any atom is 0.306 e. The lowest BCUT2D eigenvalue weighted by molar-refractivity contribution is -0.152. The zero-order chi connectivity index (χ0) is 24.5. The molecule has 0 aliphatic carbocycles. The maximum atomic E-state index is 12.3. The van der Waals surface area contributed by atoms with Crippen molar-refractivity contribution in [3.8, 4) is 5.75 Å². The smallest absolute Gasteiger partial charge is 0.306 e. The van der Waals surface area contributed by atoms with Crippen LogP contribution in [0.2, 0.25) is 0 Å². The summed E-state index contributed by atoms with van der Waals surface area (Å²) in [6.45, 7) is 11.8. The summed E-state index contributed by atoms with van der Waals surface area (Å²) in [5.74, 6) is -0.576. The van der Waals surface area contributed by atoms with Crippen molar-refractivity contribution in [3.05, 3.63) is 28.8 Å². The highest BCUT2D eigenvalue weighted by Gasteiger charge is 2.33. The van der Waals surface area contributed by atoms with Gasteiger partial charge in [0.25, 0.3) is 5.91 Å². The first-order chi connectivity index (χ1) is 14.5. The monoisotopic (exact) mass is 467 g/mol. The lowest BCUT2D eigenvalue weighted by Gasteiger charge is -2.28. The number of carbonyl (C=O) groups excluding carboxylic acids is 2. The molecule has 2 rings (SSSR count). The largest absolute Gasteiger partial charge is 0.507 e. The molecule has 32 heavy (non-hydrogen) atoms. The van der Waals surface area contributed by atoms with Crippen LogP contribution in [0.4, 0.5) is 0 Å². The van der Waals surface area contributed by atoms with Crippen molar-refractivity contribution in [3.63, 3.8) is 0 Å². The lowest BCUT2D eigenvalue weighted by atomic mass is 9.78. The number of aromatic hydroxyl groups is 1. The van der Waals surface area contributed by atoms with Crippen LogP contribution in [0.15, 0.2) is 12.1 Å². The Kier molecular flexibility index (Phi) is 7.70. The van der Waals surface area contributed by atoms with Gasteiger partial charge in [-0.25, -0.2) is 8.42 Å². The molecular weight excluding hydrogens is 430 g/mol. The summed E-state index contributed by atoms with van der Waals surface area (Å²) in [7, 11) is -1.55. The molecule has 0 saturated carbocycles. The molecule has 0 aromatic heterocycles. The number of benzene rings is 1. The summed E-state index contributed by atoms with van der Waals surface area (Å²) >= 11 is 0. The maximum absolute atomic E-state index is 12.3. The van der Waals surface area contributed by atoms with Crippen molar-refractivity contribution >= 4 is 21.7 Å². The van der Waals surface area contributed by atoms with Gasteiger partial charge in [0.05, 0.1) is 11.5 Å². The van der Waals surface area contributed by atoms with Gasteiger partial charge in [-0.2, -0.15) is 0 Å². The molecule has 1 heterocycles. The van der Waals surface area contributed by atoms with Gasteiger partial charge in [-0.3, -0.25) is 9.59 Å². The molecule has 180 valence electrons.